The molecular formula is C10H11BrClNO2S. The smallest absolute Gasteiger partial charge is 0.207 e. The van der Waals surface area contributed by atoms with Gasteiger partial charge in [-0.3, -0.25) is 0 Å². The summed E-state index contributed by atoms with van der Waals surface area (Å²) in [5.41, 5.74) is 0. The molecular weight excluding hydrogens is 314 g/mol. The normalized spacial score (nSPS) is 12.1. The summed E-state index contributed by atoms with van der Waals surface area (Å²) in [6.07, 6.45) is 3.36. The fourth-order valence-electron chi connectivity index (χ4n) is 1.00. The molecule has 0 aliphatic carbocycles. The summed E-state index contributed by atoms with van der Waals surface area (Å²) in [6, 6.07) is 6.45. The molecule has 0 aromatic heterocycles. The van der Waals surface area contributed by atoms with Gasteiger partial charge < -0.3 is 0 Å². The van der Waals surface area contributed by atoms with Crippen LogP contribution >= 0.6 is 27.5 Å². The number of benzene rings is 1. The van der Waals surface area contributed by atoms with Crippen LogP contribution in [0.1, 0.15) is 0 Å². The minimum absolute atomic E-state index is 0.241. The quantitative estimate of drug-likeness (QED) is 0.668. The van der Waals surface area contributed by atoms with Gasteiger partial charge in [-0.05, 0) is 24.3 Å². The summed E-state index contributed by atoms with van der Waals surface area (Å²) in [5.74, 6) is 0.375. The van der Waals surface area contributed by atoms with E-state index in [1.807, 2.05) is 0 Å². The van der Waals surface area contributed by atoms with Gasteiger partial charge in [-0.25, -0.2) is 13.1 Å². The summed E-state index contributed by atoms with van der Waals surface area (Å²) < 4.78 is 26.7. The maximum atomic E-state index is 11.7. The first kappa shape index (κ1) is 13.7. The number of hydrogen-bond acceptors (Lipinski definition) is 2. The monoisotopic (exact) mass is 323 g/mol. The van der Waals surface area contributed by atoms with Crippen LogP contribution in [0.2, 0.25) is 0 Å². The van der Waals surface area contributed by atoms with Crippen molar-refractivity contribution in [3.05, 3.63) is 40.9 Å². The molecule has 0 spiro atoms. The van der Waals surface area contributed by atoms with Crippen molar-refractivity contribution >= 4 is 37.6 Å². The Bertz CT molecular complexity index is 456. The van der Waals surface area contributed by atoms with E-state index in [9.17, 15) is 8.42 Å². The lowest BCUT2D eigenvalue weighted by Gasteiger charge is -2.04. The molecule has 1 N–H and O–H groups in total. The Morgan fingerprint density at radius 3 is 2.44 bits per heavy atom. The van der Waals surface area contributed by atoms with Crippen LogP contribution in [0.15, 0.2) is 45.8 Å². The second-order valence-corrected chi connectivity index (χ2v) is 5.92. The van der Waals surface area contributed by atoms with Crippen molar-refractivity contribution in [2.24, 2.45) is 0 Å². The molecule has 0 bridgehead atoms. The zero-order valence-corrected chi connectivity index (χ0v) is 11.5. The Kier molecular flexibility index (Phi) is 5.48. The van der Waals surface area contributed by atoms with E-state index in [1.165, 1.54) is 12.1 Å². The summed E-state index contributed by atoms with van der Waals surface area (Å²) in [7, 11) is -3.42. The molecule has 0 unspecified atom stereocenters. The average molecular weight is 325 g/mol. The van der Waals surface area contributed by atoms with Gasteiger partial charge in [0.25, 0.3) is 0 Å². The molecule has 0 aliphatic heterocycles. The van der Waals surface area contributed by atoms with Gasteiger partial charge in [0.15, 0.2) is 0 Å². The summed E-state index contributed by atoms with van der Waals surface area (Å²) in [4.78, 5) is 0.245. The third-order valence-corrected chi connectivity index (χ3v) is 3.92. The van der Waals surface area contributed by atoms with E-state index in [2.05, 4.69) is 20.7 Å². The highest BCUT2D eigenvalue weighted by atomic mass is 79.9. The van der Waals surface area contributed by atoms with Crippen molar-refractivity contribution < 1.29 is 8.42 Å². The Labute approximate surface area is 109 Å². The average Bonchev–Trinajstić information content (AvgIpc) is 2.25. The molecule has 1 rings (SSSR count). The molecule has 0 saturated heterocycles. The number of alkyl halides is 1. The summed E-state index contributed by atoms with van der Waals surface area (Å²) in [6.45, 7) is 0.241. The van der Waals surface area contributed by atoms with Crippen LogP contribution in [0.25, 0.3) is 0 Å². The molecule has 0 radical (unpaired) electrons. The Balaban J connectivity index is 2.71. The minimum atomic E-state index is -3.42. The van der Waals surface area contributed by atoms with Gasteiger partial charge in [0.2, 0.25) is 10.0 Å². The number of rotatable bonds is 5. The van der Waals surface area contributed by atoms with Gasteiger partial charge in [-0.15, -0.1) is 11.6 Å². The third kappa shape index (κ3) is 4.25. The largest absolute Gasteiger partial charge is 0.240 e. The lowest BCUT2D eigenvalue weighted by atomic mass is 10.4. The highest BCUT2D eigenvalue weighted by Gasteiger charge is 2.11. The highest BCUT2D eigenvalue weighted by molar-refractivity contribution is 9.10. The van der Waals surface area contributed by atoms with Crippen LogP contribution in [-0.4, -0.2) is 20.8 Å². The molecule has 0 saturated carbocycles. The topological polar surface area (TPSA) is 46.2 Å². The first-order valence-corrected chi connectivity index (χ1v) is 7.33. The van der Waals surface area contributed by atoms with Crippen molar-refractivity contribution in [2.45, 2.75) is 4.90 Å². The molecule has 0 atom stereocenters. The predicted molar refractivity (Wildman–Crippen MR) is 69.2 cm³/mol. The van der Waals surface area contributed by atoms with Crippen LogP contribution in [-0.2, 0) is 10.0 Å². The SMILES string of the molecule is O=S(=O)(NC/C=C/CCl)c1ccc(Br)cc1. The third-order valence-electron chi connectivity index (χ3n) is 1.77. The standard InChI is InChI=1S/C10H11BrClNO2S/c11-9-3-5-10(6-4-9)16(14,15)13-8-2-1-7-12/h1-6,13H,7-8H2/b2-1+. The van der Waals surface area contributed by atoms with E-state index in [4.69, 9.17) is 11.6 Å². The maximum Gasteiger partial charge on any atom is 0.240 e. The fourth-order valence-corrected chi connectivity index (χ4v) is 2.37. The van der Waals surface area contributed by atoms with Crippen LogP contribution in [0.4, 0.5) is 0 Å². The van der Waals surface area contributed by atoms with E-state index in [-0.39, 0.29) is 11.4 Å². The number of halogens is 2. The van der Waals surface area contributed by atoms with Gasteiger partial charge in [0.1, 0.15) is 0 Å². The molecule has 3 nitrogen and oxygen atoms in total. The first-order chi connectivity index (χ1) is 7.56. The maximum absolute atomic E-state index is 11.7. The second kappa shape index (κ2) is 6.39. The minimum Gasteiger partial charge on any atom is -0.207 e. The van der Waals surface area contributed by atoms with Gasteiger partial charge in [-0.2, -0.15) is 0 Å². The van der Waals surface area contributed by atoms with Crippen molar-refractivity contribution in [2.75, 3.05) is 12.4 Å². The van der Waals surface area contributed by atoms with E-state index in [1.54, 1.807) is 24.3 Å². The highest BCUT2D eigenvalue weighted by Crippen LogP contribution is 2.14. The van der Waals surface area contributed by atoms with Crippen LogP contribution in [0.3, 0.4) is 0 Å². The molecule has 0 amide bonds. The van der Waals surface area contributed by atoms with Gasteiger partial charge in [0, 0.05) is 16.9 Å². The van der Waals surface area contributed by atoms with Gasteiger partial charge in [0.05, 0.1) is 4.90 Å². The number of sulfonamides is 1. The van der Waals surface area contributed by atoms with Gasteiger partial charge >= 0.3 is 0 Å². The molecule has 1 aromatic carbocycles. The Morgan fingerprint density at radius 1 is 1.25 bits per heavy atom. The predicted octanol–water partition coefficient (Wildman–Crippen LogP) is 2.52. The summed E-state index contributed by atoms with van der Waals surface area (Å²) in [5, 5.41) is 0. The Morgan fingerprint density at radius 2 is 1.88 bits per heavy atom. The van der Waals surface area contributed by atoms with E-state index in [0.717, 1.165) is 4.47 Å². The zero-order valence-electron chi connectivity index (χ0n) is 8.36. The number of nitrogens with one attached hydrogen (secondary N) is 1. The van der Waals surface area contributed by atoms with Crippen LogP contribution < -0.4 is 4.72 Å². The number of allylic oxidation sites excluding steroid dienone is 1. The lowest BCUT2D eigenvalue weighted by molar-refractivity contribution is 0.585. The van der Waals surface area contributed by atoms with Crippen molar-refractivity contribution in [1.29, 1.82) is 0 Å². The van der Waals surface area contributed by atoms with Crippen molar-refractivity contribution in [3.63, 3.8) is 0 Å². The molecule has 6 heteroatoms. The molecule has 16 heavy (non-hydrogen) atoms. The molecule has 0 fully saturated rings. The lowest BCUT2D eigenvalue weighted by Crippen LogP contribution is -2.23. The summed E-state index contributed by atoms with van der Waals surface area (Å²) >= 11 is 8.66. The fraction of sp³-hybridized carbons (Fsp3) is 0.200. The van der Waals surface area contributed by atoms with Crippen LogP contribution in [0, 0.1) is 0 Å². The molecule has 0 heterocycles. The van der Waals surface area contributed by atoms with Crippen molar-refractivity contribution in [3.8, 4) is 0 Å². The second-order valence-electron chi connectivity index (χ2n) is 2.93. The van der Waals surface area contributed by atoms with E-state index in [0.29, 0.717) is 5.88 Å². The zero-order chi connectivity index (χ0) is 12.0. The first-order valence-electron chi connectivity index (χ1n) is 4.52. The van der Waals surface area contributed by atoms with Crippen molar-refractivity contribution in [1.82, 2.24) is 4.72 Å². The van der Waals surface area contributed by atoms with E-state index < -0.39 is 10.0 Å². The Hall–Kier alpha value is -0.360. The molecule has 88 valence electrons. The molecule has 1 aromatic rings. The van der Waals surface area contributed by atoms with Crippen LogP contribution in [0.5, 0.6) is 0 Å². The molecule has 0 aliphatic rings. The number of hydrogen-bond donors (Lipinski definition) is 1. The van der Waals surface area contributed by atoms with Gasteiger partial charge in [-0.1, -0.05) is 28.1 Å². The van der Waals surface area contributed by atoms with E-state index >= 15 is 0 Å².